The maximum Gasteiger partial charge on any atom is 0.277 e. The van der Waals surface area contributed by atoms with Crippen LogP contribution in [0, 0.1) is 17.5 Å². The van der Waals surface area contributed by atoms with Crippen LogP contribution in [0.15, 0.2) is 35.2 Å². The summed E-state index contributed by atoms with van der Waals surface area (Å²) in [4.78, 5) is 37.9. The molecule has 3 aromatic heterocycles. The van der Waals surface area contributed by atoms with Crippen LogP contribution in [0.3, 0.4) is 0 Å². The van der Waals surface area contributed by atoms with E-state index >= 15 is 0 Å². The molecule has 0 saturated carbocycles. The minimum Gasteiger partial charge on any atom is -0.444 e. The number of carbonyl (C=O) groups excluding carboxylic acids is 2. The zero-order valence-corrected chi connectivity index (χ0v) is 18.8. The van der Waals surface area contributed by atoms with Crippen LogP contribution in [0.25, 0.3) is 11.5 Å². The third-order valence-corrected chi connectivity index (χ3v) is 5.73. The van der Waals surface area contributed by atoms with Crippen molar-refractivity contribution in [2.75, 3.05) is 37.4 Å². The number of carbonyl (C=O) groups is 2. The summed E-state index contributed by atoms with van der Waals surface area (Å²) in [7, 11) is 5.73. The van der Waals surface area contributed by atoms with E-state index in [1.165, 1.54) is 6.26 Å². The van der Waals surface area contributed by atoms with Gasteiger partial charge in [0.15, 0.2) is 11.5 Å². The van der Waals surface area contributed by atoms with Crippen molar-refractivity contribution >= 4 is 23.3 Å². The molecule has 10 heteroatoms. The number of rotatable bonds is 6. The Balaban J connectivity index is 1.56. The molecule has 1 unspecified atom stereocenters. The summed E-state index contributed by atoms with van der Waals surface area (Å²) in [6, 6.07) is 3.34. The molecule has 3 aromatic rings. The Kier molecular flexibility index (Phi) is 5.55. The predicted molar refractivity (Wildman–Crippen MR) is 118 cm³/mol. The molecule has 32 heavy (non-hydrogen) atoms. The Morgan fingerprint density at radius 2 is 2.19 bits per heavy atom. The zero-order valence-electron chi connectivity index (χ0n) is 18.8. The van der Waals surface area contributed by atoms with Gasteiger partial charge in [0.25, 0.3) is 5.91 Å². The highest BCUT2D eigenvalue weighted by Gasteiger charge is 2.48. The maximum absolute atomic E-state index is 13.2. The molecule has 0 aromatic carbocycles. The van der Waals surface area contributed by atoms with E-state index in [9.17, 15) is 9.59 Å². The third-order valence-electron chi connectivity index (χ3n) is 5.73. The largest absolute Gasteiger partial charge is 0.444 e. The number of amides is 2. The first-order chi connectivity index (χ1) is 15.2. The molecule has 2 amide bonds. The van der Waals surface area contributed by atoms with Gasteiger partial charge in [0.05, 0.1) is 12.4 Å². The van der Waals surface area contributed by atoms with Gasteiger partial charge in [-0.2, -0.15) is 5.10 Å². The van der Waals surface area contributed by atoms with Crippen molar-refractivity contribution in [1.29, 1.82) is 0 Å². The molecule has 0 bridgehead atoms. The van der Waals surface area contributed by atoms with Crippen LogP contribution in [0.1, 0.15) is 24.3 Å². The Morgan fingerprint density at radius 3 is 2.88 bits per heavy atom. The second-order valence-corrected chi connectivity index (χ2v) is 8.80. The van der Waals surface area contributed by atoms with E-state index in [-0.39, 0.29) is 17.5 Å². The molecule has 0 spiro atoms. The first-order valence-corrected chi connectivity index (χ1v) is 10.3. The normalized spacial score (nSPS) is 17.9. The van der Waals surface area contributed by atoms with E-state index in [1.807, 2.05) is 27.9 Å². The predicted octanol–water partition coefficient (Wildman–Crippen LogP) is 2.07. The monoisotopic (exact) mass is 436 g/mol. The van der Waals surface area contributed by atoms with E-state index in [0.29, 0.717) is 29.5 Å². The summed E-state index contributed by atoms with van der Waals surface area (Å²) in [5.74, 6) is 0.376. The summed E-state index contributed by atoms with van der Waals surface area (Å²) in [6.45, 7) is 5.21. The molecule has 1 radical (unpaired) electrons. The molecular formula is C22H26N7O3. The molecule has 10 nitrogen and oxygen atoms in total. The van der Waals surface area contributed by atoms with Crippen LogP contribution in [0.4, 0.5) is 11.5 Å². The van der Waals surface area contributed by atoms with Crippen molar-refractivity contribution in [1.82, 2.24) is 24.6 Å². The van der Waals surface area contributed by atoms with Crippen LogP contribution in [-0.4, -0.2) is 63.6 Å². The molecule has 4 rings (SSSR count). The lowest BCUT2D eigenvalue weighted by atomic mass is 9.81. The van der Waals surface area contributed by atoms with Crippen molar-refractivity contribution in [3.63, 3.8) is 0 Å². The SMILES string of the molecule is CN(C)CC1CN(c2nn(C)cc2NC(=O)c2coc(-c3c[c]ncc3)n2)C(=O)C1(C)C. The number of pyridine rings is 1. The van der Waals surface area contributed by atoms with Crippen LogP contribution >= 0.6 is 0 Å². The lowest BCUT2D eigenvalue weighted by Gasteiger charge is -2.25. The molecule has 1 saturated heterocycles. The number of oxazole rings is 1. The Labute approximate surface area is 186 Å². The van der Waals surface area contributed by atoms with Gasteiger partial charge in [-0.15, -0.1) is 0 Å². The molecule has 167 valence electrons. The van der Waals surface area contributed by atoms with E-state index in [2.05, 4.69) is 31.5 Å². The highest BCUT2D eigenvalue weighted by Crippen LogP contribution is 2.40. The lowest BCUT2D eigenvalue weighted by molar-refractivity contribution is -0.125. The highest BCUT2D eigenvalue weighted by atomic mass is 16.3. The van der Waals surface area contributed by atoms with E-state index in [4.69, 9.17) is 4.42 Å². The highest BCUT2D eigenvalue weighted by molar-refractivity contribution is 6.07. The minimum atomic E-state index is -0.536. The number of hydrogen-bond acceptors (Lipinski definition) is 7. The van der Waals surface area contributed by atoms with E-state index in [0.717, 1.165) is 6.54 Å². The summed E-state index contributed by atoms with van der Waals surface area (Å²) in [6.07, 6.45) is 7.23. The average Bonchev–Trinajstić information content (AvgIpc) is 3.42. The van der Waals surface area contributed by atoms with Gasteiger partial charge in [0, 0.05) is 43.2 Å². The Bertz CT molecular complexity index is 1130. The Hall–Kier alpha value is -3.53. The van der Waals surface area contributed by atoms with Gasteiger partial charge in [-0.1, -0.05) is 13.8 Å². The Morgan fingerprint density at radius 1 is 1.41 bits per heavy atom. The van der Waals surface area contributed by atoms with Crippen molar-refractivity contribution in [3.05, 3.63) is 42.7 Å². The van der Waals surface area contributed by atoms with Crippen molar-refractivity contribution in [2.24, 2.45) is 18.4 Å². The molecule has 4 heterocycles. The number of nitrogens with zero attached hydrogens (tertiary/aromatic N) is 6. The average molecular weight is 436 g/mol. The summed E-state index contributed by atoms with van der Waals surface area (Å²) in [5, 5.41) is 7.28. The number of aromatic nitrogens is 4. The maximum atomic E-state index is 13.2. The number of aryl methyl sites for hydroxylation is 1. The fourth-order valence-electron chi connectivity index (χ4n) is 3.87. The van der Waals surface area contributed by atoms with Crippen molar-refractivity contribution in [3.8, 4) is 11.5 Å². The fourth-order valence-corrected chi connectivity index (χ4v) is 3.87. The van der Waals surface area contributed by atoms with Gasteiger partial charge in [0.2, 0.25) is 11.8 Å². The minimum absolute atomic E-state index is 0.0174. The van der Waals surface area contributed by atoms with Crippen LogP contribution in [-0.2, 0) is 11.8 Å². The summed E-state index contributed by atoms with van der Waals surface area (Å²) < 4.78 is 7.01. The van der Waals surface area contributed by atoms with Gasteiger partial charge in [0.1, 0.15) is 12.0 Å². The van der Waals surface area contributed by atoms with Crippen LogP contribution in [0.5, 0.6) is 0 Å². The third kappa shape index (κ3) is 4.01. The summed E-state index contributed by atoms with van der Waals surface area (Å²) in [5.41, 5.74) is 0.683. The molecule has 1 aliphatic heterocycles. The molecule has 1 N–H and O–H groups in total. The second-order valence-electron chi connectivity index (χ2n) is 8.80. The van der Waals surface area contributed by atoms with Crippen LogP contribution in [0.2, 0.25) is 0 Å². The zero-order chi connectivity index (χ0) is 23.0. The van der Waals surface area contributed by atoms with Gasteiger partial charge in [-0.25, -0.2) is 4.98 Å². The van der Waals surface area contributed by atoms with Gasteiger partial charge in [-0.05, 0) is 26.2 Å². The van der Waals surface area contributed by atoms with Crippen LogP contribution < -0.4 is 10.2 Å². The quantitative estimate of drug-likeness (QED) is 0.630. The lowest BCUT2D eigenvalue weighted by Crippen LogP contribution is -2.34. The number of anilines is 2. The standard InChI is InChI=1S/C22H26N7O3/c1-22(2)15(10-27(3)4)11-29(21(22)31)18-16(12-28(5)26-18)24-19(30)17-13-32-20(25-17)14-6-8-23-9-7-14/h6-8,12-13,15H,10-11H2,1-5H3,(H,24,30). The number of hydrogen-bond donors (Lipinski definition) is 1. The van der Waals surface area contributed by atoms with Crippen molar-refractivity contribution < 1.29 is 14.0 Å². The first-order valence-electron chi connectivity index (χ1n) is 10.3. The van der Waals surface area contributed by atoms with Gasteiger partial charge >= 0.3 is 0 Å². The second kappa shape index (κ2) is 8.19. The first kappa shape index (κ1) is 21.7. The molecule has 1 fully saturated rings. The smallest absolute Gasteiger partial charge is 0.277 e. The fraction of sp³-hybridized carbons (Fsp3) is 0.409. The number of nitrogens with one attached hydrogen (secondary N) is 1. The van der Waals surface area contributed by atoms with Gasteiger partial charge in [-0.3, -0.25) is 24.2 Å². The topological polar surface area (TPSA) is 109 Å². The molecule has 1 aliphatic rings. The van der Waals surface area contributed by atoms with E-state index in [1.54, 1.807) is 41.2 Å². The molecule has 1 atom stereocenters. The molecular weight excluding hydrogens is 410 g/mol. The van der Waals surface area contributed by atoms with E-state index < -0.39 is 11.3 Å². The summed E-state index contributed by atoms with van der Waals surface area (Å²) >= 11 is 0. The van der Waals surface area contributed by atoms with Crippen molar-refractivity contribution in [2.45, 2.75) is 13.8 Å². The van der Waals surface area contributed by atoms with Gasteiger partial charge < -0.3 is 14.6 Å². The molecule has 0 aliphatic carbocycles.